The Bertz CT molecular complexity index is 1110. The van der Waals surface area contributed by atoms with Gasteiger partial charge in [-0.05, 0) is 35.4 Å². The second-order valence-electron chi connectivity index (χ2n) is 6.68. The first-order valence-corrected chi connectivity index (χ1v) is 9.61. The number of methoxy groups -OCH3 is 2. The summed E-state index contributed by atoms with van der Waals surface area (Å²) in [6.07, 6.45) is 1.73. The molecule has 4 rings (SSSR count). The first kappa shape index (κ1) is 19.4. The van der Waals surface area contributed by atoms with Crippen molar-refractivity contribution in [2.24, 2.45) is 0 Å². The van der Waals surface area contributed by atoms with Crippen LogP contribution in [0.5, 0.6) is 11.5 Å². The van der Waals surface area contributed by atoms with Crippen LogP contribution < -0.4 is 20.1 Å². The van der Waals surface area contributed by atoms with E-state index in [0.717, 1.165) is 28.0 Å². The molecule has 0 amide bonds. The summed E-state index contributed by atoms with van der Waals surface area (Å²) in [5, 5.41) is 7.55. The van der Waals surface area contributed by atoms with Crippen LogP contribution in [-0.2, 0) is 13.1 Å². The second kappa shape index (κ2) is 9.09. The van der Waals surface area contributed by atoms with Gasteiger partial charge in [0.1, 0.15) is 17.3 Å². The quantitative estimate of drug-likeness (QED) is 0.456. The van der Waals surface area contributed by atoms with Gasteiger partial charge in [0.25, 0.3) is 0 Å². The van der Waals surface area contributed by atoms with Crippen molar-refractivity contribution in [2.45, 2.75) is 13.1 Å². The summed E-state index contributed by atoms with van der Waals surface area (Å²) in [7, 11) is 3.28. The monoisotopic (exact) mass is 401 g/mol. The van der Waals surface area contributed by atoms with Crippen molar-refractivity contribution >= 4 is 22.8 Å². The maximum Gasteiger partial charge on any atom is 0.227 e. The van der Waals surface area contributed by atoms with Crippen molar-refractivity contribution in [1.82, 2.24) is 15.0 Å². The highest BCUT2D eigenvalue weighted by Crippen LogP contribution is 2.25. The Morgan fingerprint density at radius 1 is 0.767 bits per heavy atom. The highest BCUT2D eigenvalue weighted by molar-refractivity contribution is 5.87. The number of fused-ring (bicyclic) bond motifs is 1. The molecule has 0 fully saturated rings. The topological polar surface area (TPSA) is 81.2 Å². The molecule has 0 aliphatic rings. The Balaban J connectivity index is 1.58. The number of pyridine rings is 1. The number of nitrogens with one attached hydrogen (secondary N) is 2. The summed E-state index contributed by atoms with van der Waals surface area (Å²) < 4.78 is 10.7. The summed E-state index contributed by atoms with van der Waals surface area (Å²) in [4.78, 5) is 13.6. The third kappa shape index (κ3) is 4.57. The van der Waals surface area contributed by atoms with Gasteiger partial charge in [-0.2, -0.15) is 9.97 Å². The van der Waals surface area contributed by atoms with Gasteiger partial charge >= 0.3 is 0 Å². The fourth-order valence-electron chi connectivity index (χ4n) is 3.11. The van der Waals surface area contributed by atoms with Crippen LogP contribution in [0.15, 0.2) is 66.9 Å². The van der Waals surface area contributed by atoms with Crippen LogP contribution in [0.3, 0.4) is 0 Å². The van der Waals surface area contributed by atoms with Crippen LogP contribution in [0.4, 0.5) is 11.8 Å². The van der Waals surface area contributed by atoms with Crippen LogP contribution in [0.2, 0.25) is 0 Å². The highest BCUT2D eigenvalue weighted by atomic mass is 16.5. The van der Waals surface area contributed by atoms with E-state index in [2.05, 4.69) is 37.7 Å². The lowest BCUT2D eigenvalue weighted by Crippen LogP contribution is -2.08. The van der Waals surface area contributed by atoms with Crippen LogP contribution in [0.25, 0.3) is 11.0 Å². The van der Waals surface area contributed by atoms with Crippen molar-refractivity contribution in [3.8, 4) is 11.5 Å². The Labute approximate surface area is 175 Å². The van der Waals surface area contributed by atoms with Gasteiger partial charge in [0, 0.05) is 25.4 Å². The summed E-state index contributed by atoms with van der Waals surface area (Å²) in [5.74, 6) is 2.72. The molecule has 2 heterocycles. The molecule has 30 heavy (non-hydrogen) atoms. The van der Waals surface area contributed by atoms with E-state index in [1.807, 2.05) is 48.5 Å². The lowest BCUT2D eigenvalue weighted by atomic mass is 10.2. The van der Waals surface area contributed by atoms with Crippen LogP contribution in [0, 0.1) is 0 Å². The van der Waals surface area contributed by atoms with Crippen LogP contribution >= 0.6 is 0 Å². The molecule has 7 heteroatoms. The molecule has 0 spiro atoms. The van der Waals surface area contributed by atoms with Gasteiger partial charge in [0.05, 0.1) is 19.6 Å². The number of hydrogen-bond acceptors (Lipinski definition) is 7. The molecule has 7 nitrogen and oxygen atoms in total. The molecule has 0 aliphatic heterocycles. The number of rotatable bonds is 8. The van der Waals surface area contributed by atoms with E-state index in [1.54, 1.807) is 20.4 Å². The average Bonchev–Trinajstić information content (AvgIpc) is 2.81. The van der Waals surface area contributed by atoms with E-state index in [-0.39, 0.29) is 0 Å². The van der Waals surface area contributed by atoms with Gasteiger partial charge in [-0.25, -0.2) is 4.98 Å². The van der Waals surface area contributed by atoms with Gasteiger partial charge in [-0.1, -0.05) is 30.3 Å². The van der Waals surface area contributed by atoms with Crippen molar-refractivity contribution < 1.29 is 9.47 Å². The minimum atomic E-state index is 0.524. The van der Waals surface area contributed by atoms with Gasteiger partial charge in [0.15, 0.2) is 5.65 Å². The molecule has 2 aromatic carbocycles. The van der Waals surface area contributed by atoms with Crippen molar-refractivity contribution in [3.63, 3.8) is 0 Å². The molecule has 0 atom stereocenters. The van der Waals surface area contributed by atoms with Crippen molar-refractivity contribution in [1.29, 1.82) is 0 Å². The van der Waals surface area contributed by atoms with E-state index in [4.69, 9.17) is 9.47 Å². The fraction of sp³-hybridized carbons (Fsp3) is 0.174. The first-order valence-electron chi connectivity index (χ1n) is 9.61. The molecule has 0 unspecified atom stereocenters. The smallest absolute Gasteiger partial charge is 0.227 e. The Morgan fingerprint density at radius 3 is 2.23 bits per heavy atom. The molecule has 0 saturated heterocycles. The van der Waals surface area contributed by atoms with Crippen LogP contribution in [0.1, 0.15) is 11.1 Å². The Hall–Kier alpha value is -3.87. The summed E-state index contributed by atoms with van der Waals surface area (Å²) in [6.45, 7) is 1.18. The summed E-state index contributed by atoms with van der Waals surface area (Å²) in [5.41, 5.74) is 2.80. The number of aromatic nitrogens is 3. The van der Waals surface area contributed by atoms with Crippen LogP contribution in [-0.4, -0.2) is 29.2 Å². The molecule has 0 aliphatic carbocycles. The zero-order valence-electron chi connectivity index (χ0n) is 16.9. The van der Waals surface area contributed by atoms with E-state index < -0.39 is 0 Å². The van der Waals surface area contributed by atoms with E-state index >= 15 is 0 Å². The van der Waals surface area contributed by atoms with Gasteiger partial charge < -0.3 is 20.1 Å². The molecule has 2 aromatic heterocycles. The maximum absolute atomic E-state index is 5.36. The fourth-order valence-corrected chi connectivity index (χ4v) is 3.11. The zero-order valence-corrected chi connectivity index (χ0v) is 16.9. The number of nitrogens with zero attached hydrogens (tertiary/aromatic N) is 3. The molecule has 4 aromatic rings. The normalized spacial score (nSPS) is 10.6. The summed E-state index contributed by atoms with van der Waals surface area (Å²) >= 11 is 0. The van der Waals surface area contributed by atoms with Gasteiger partial charge in [0.2, 0.25) is 5.95 Å². The largest absolute Gasteiger partial charge is 0.497 e. The molecule has 0 saturated carbocycles. The Morgan fingerprint density at radius 2 is 1.50 bits per heavy atom. The first-order chi connectivity index (χ1) is 14.7. The molecule has 2 N–H and O–H groups in total. The molecule has 0 bridgehead atoms. The van der Waals surface area contributed by atoms with Gasteiger partial charge in [-0.3, -0.25) is 0 Å². The number of benzene rings is 2. The third-order valence-corrected chi connectivity index (χ3v) is 4.64. The average molecular weight is 401 g/mol. The standard InChI is InChI=1S/C23H23N5O2/c1-29-18-11-17(12-19(13-18)30-2)15-25-22-20-9-6-10-24-21(20)27-23(28-22)26-14-16-7-4-3-5-8-16/h3-13H,14-15H2,1-2H3,(H2,24,25,26,27,28). The number of anilines is 2. The minimum Gasteiger partial charge on any atom is -0.497 e. The molecule has 152 valence electrons. The molecular formula is C23H23N5O2. The highest BCUT2D eigenvalue weighted by Gasteiger charge is 2.09. The second-order valence-corrected chi connectivity index (χ2v) is 6.68. The lowest BCUT2D eigenvalue weighted by molar-refractivity contribution is 0.393. The van der Waals surface area contributed by atoms with Crippen molar-refractivity contribution in [3.05, 3.63) is 78.0 Å². The minimum absolute atomic E-state index is 0.524. The third-order valence-electron chi connectivity index (χ3n) is 4.64. The summed E-state index contributed by atoms with van der Waals surface area (Å²) in [6, 6.07) is 19.7. The molecule has 0 radical (unpaired) electrons. The van der Waals surface area contributed by atoms with Crippen molar-refractivity contribution in [2.75, 3.05) is 24.9 Å². The van der Waals surface area contributed by atoms with E-state index in [0.29, 0.717) is 30.5 Å². The Kier molecular flexibility index (Phi) is 5.89. The van der Waals surface area contributed by atoms with Gasteiger partial charge in [-0.15, -0.1) is 0 Å². The van der Waals surface area contributed by atoms with E-state index in [1.165, 1.54) is 0 Å². The maximum atomic E-state index is 5.36. The number of ether oxygens (including phenoxy) is 2. The predicted octanol–water partition coefficient (Wildman–Crippen LogP) is 4.27. The molecular weight excluding hydrogens is 378 g/mol. The lowest BCUT2D eigenvalue weighted by Gasteiger charge is -2.13. The SMILES string of the molecule is COc1cc(CNc2nc(NCc3ccccc3)nc3ncccc23)cc(OC)c1. The zero-order chi connectivity index (χ0) is 20.8. The number of hydrogen-bond donors (Lipinski definition) is 2. The van der Waals surface area contributed by atoms with E-state index in [9.17, 15) is 0 Å². The predicted molar refractivity (Wildman–Crippen MR) is 118 cm³/mol.